The van der Waals surface area contributed by atoms with Crippen LogP contribution >= 0.6 is 0 Å². The first-order valence-corrected chi connectivity index (χ1v) is 4.62. The summed E-state index contributed by atoms with van der Waals surface area (Å²) in [5.74, 6) is 1.12. The minimum absolute atomic E-state index is 0. The summed E-state index contributed by atoms with van der Waals surface area (Å²) < 4.78 is 14.7. The normalized spacial score (nSPS) is 7.76. The molecular weight excluding hydrogens is 573 g/mol. The molecule has 0 aromatic carbocycles. The van der Waals surface area contributed by atoms with Crippen molar-refractivity contribution in [2.45, 2.75) is 6.92 Å². The van der Waals surface area contributed by atoms with Gasteiger partial charge in [0.05, 0.1) is 0 Å². The molecule has 2 N–H and O–H groups in total. The van der Waals surface area contributed by atoms with Crippen molar-refractivity contribution < 1.29 is 65.3 Å². The van der Waals surface area contributed by atoms with Gasteiger partial charge in [0.25, 0.3) is 0 Å². The fourth-order valence-corrected chi connectivity index (χ4v) is 0.737. The van der Waals surface area contributed by atoms with Gasteiger partial charge in [-0.1, -0.05) is 19.8 Å². The van der Waals surface area contributed by atoms with E-state index < -0.39 is 0 Å². The van der Waals surface area contributed by atoms with Crippen LogP contribution in [-0.2, 0) is 55.1 Å². The van der Waals surface area contributed by atoms with E-state index in [-0.39, 0.29) is 47.5 Å². The smallest absolute Gasteiger partial charge is 0.0402 e. The summed E-state index contributed by atoms with van der Waals surface area (Å²) in [5, 5.41) is 14.6. The van der Waals surface area contributed by atoms with Crippen LogP contribution in [0, 0.1) is 5.92 Å². The van der Waals surface area contributed by atoms with E-state index in [0.717, 1.165) is 13.0 Å². The van der Waals surface area contributed by atoms with Crippen LogP contribution in [0.1, 0.15) is 6.92 Å². The molecule has 0 saturated carbocycles. The monoisotopic (exact) mass is 599 g/mol. The first-order valence-electron chi connectivity index (χ1n) is 4.62. The molecular formula is C10H25O5Re2-. The average Bonchev–Trinajstić information content (AvgIpc) is 2.23. The summed E-state index contributed by atoms with van der Waals surface area (Å²) in [6.07, 6.45) is 0. The van der Waals surface area contributed by atoms with Crippen LogP contribution in [0.2, 0.25) is 0 Å². The Balaban J connectivity index is -0.0000000598. The fraction of sp³-hybridized carbons (Fsp3) is 0.900. The zero-order valence-electron chi connectivity index (χ0n) is 11.2. The van der Waals surface area contributed by atoms with Gasteiger partial charge in [0.2, 0.25) is 0 Å². The Morgan fingerprint density at radius 2 is 1.00 bits per heavy atom. The molecule has 0 atom stereocenters. The van der Waals surface area contributed by atoms with Crippen LogP contribution in [0.25, 0.3) is 0 Å². The molecule has 17 heavy (non-hydrogen) atoms. The van der Waals surface area contributed by atoms with E-state index in [1.165, 1.54) is 0 Å². The van der Waals surface area contributed by atoms with Crippen molar-refractivity contribution in [1.82, 2.24) is 0 Å². The maximum atomic E-state index is 7.57. The summed E-state index contributed by atoms with van der Waals surface area (Å²) in [7, 11) is 5.97. The largest absolute Gasteiger partial charge is 0.416 e. The molecule has 0 bridgehead atoms. The molecule has 0 aliphatic heterocycles. The van der Waals surface area contributed by atoms with Gasteiger partial charge >= 0.3 is 0 Å². The summed E-state index contributed by atoms with van der Waals surface area (Å²) in [6.45, 7) is 3.77. The van der Waals surface area contributed by atoms with E-state index in [0.29, 0.717) is 19.8 Å². The Bertz CT molecular complexity index is 74.8. The maximum absolute atomic E-state index is 7.57. The number of ether oxygens (including phenoxy) is 3. The van der Waals surface area contributed by atoms with E-state index in [4.69, 9.17) is 24.4 Å². The van der Waals surface area contributed by atoms with E-state index in [1.54, 1.807) is 28.3 Å². The van der Waals surface area contributed by atoms with Crippen molar-refractivity contribution >= 4 is 0 Å². The van der Waals surface area contributed by atoms with Gasteiger partial charge in [-0.05, 0) is 6.92 Å². The van der Waals surface area contributed by atoms with E-state index in [1.807, 2.05) is 0 Å². The van der Waals surface area contributed by atoms with Gasteiger partial charge in [0, 0.05) is 75.9 Å². The van der Waals surface area contributed by atoms with Gasteiger partial charge in [-0.25, -0.2) is 5.92 Å². The van der Waals surface area contributed by atoms with Gasteiger partial charge in [-0.3, -0.25) is 0 Å². The van der Waals surface area contributed by atoms with Crippen LogP contribution in [0.5, 0.6) is 0 Å². The van der Waals surface area contributed by atoms with Crippen molar-refractivity contribution in [3.8, 4) is 0 Å². The minimum Gasteiger partial charge on any atom is -0.416 e. The van der Waals surface area contributed by atoms with Crippen molar-refractivity contribution in [2.75, 3.05) is 54.9 Å². The number of aliphatic hydroxyl groups is 2. The van der Waals surface area contributed by atoms with Crippen LogP contribution < -0.4 is 0 Å². The molecule has 5 nitrogen and oxygen atoms in total. The molecule has 0 fully saturated rings. The summed E-state index contributed by atoms with van der Waals surface area (Å²) in [6, 6.07) is 0. The SMILES string of the molecule is CCO.CO.COC[C-](COC)COC.[Re].[Re]. The molecule has 0 heterocycles. The van der Waals surface area contributed by atoms with E-state index >= 15 is 0 Å². The van der Waals surface area contributed by atoms with Gasteiger partial charge in [-0.2, -0.15) is 0 Å². The fourth-order valence-electron chi connectivity index (χ4n) is 0.737. The van der Waals surface area contributed by atoms with Crippen molar-refractivity contribution in [2.24, 2.45) is 0 Å². The minimum atomic E-state index is 0. The molecule has 0 aliphatic rings. The van der Waals surface area contributed by atoms with Crippen molar-refractivity contribution in [3.63, 3.8) is 0 Å². The predicted octanol–water partition coefficient (Wildman–Crippen LogP) is 0.102. The third kappa shape index (κ3) is 38.2. The molecule has 0 spiro atoms. The number of hydrogen-bond donors (Lipinski definition) is 2. The molecule has 0 saturated heterocycles. The predicted molar refractivity (Wildman–Crippen MR) is 59.8 cm³/mol. The Kier molecular flexibility index (Phi) is 65.3. The number of aliphatic hydroxyl groups excluding tert-OH is 2. The second-order valence-corrected chi connectivity index (χ2v) is 2.37. The van der Waals surface area contributed by atoms with Gasteiger partial charge in [-0.15, -0.1) is 0 Å². The molecule has 7 heteroatoms. The van der Waals surface area contributed by atoms with Crippen LogP contribution in [0.3, 0.4) is 0 Å². The molecule has 110 valence electrons. The molecule has 0 rings (SSSR count). The maximum Gasteiger partial charge on any atom is 0.0402 e. The van der Waals surface area contributed by atoms with Crippen molar-refractivity contribution in [3.05, 3.63) is 5.92 Å². The van der Waals surface area contributed by atoms with E-state index in [9.17, 15) is 0 Å². The summed E-state index contributed by atoms with van der Waals surface area (Å²) in [5.41, 5.74) is 0. The standard InChI is InChI=1S/C7H15O3.C2H6O.CH4O.2Re/c1-8-4-7(5-9-2)6-10-3;1-2-3;1-2;;/h4-6H2,1-3H3;3H,2H2,1H3;2H,1H3;;/q-1;;;;. The number of hydrogen-bond acceptors (Lipinski definition) is 5. The molecule has 0 aliphatic carbocycles. The van der Waals surface area contributed by atoms with Crippen LogP contribution in [0.15, 0.2) is 0 Å². The molecule has 2 radical (unpaired) electrons. The van der Waals surface area contributed by atoms with Gasteiger partial charge < -0.3 is 24.4 Å². The third-order valence-electron chi connectivity index (χ3n) is 1.05. The zero-order valence-corrected chi connectivity index (χ0v) is 16.6. The van der Waals surface area contributed by atoms with Crippen LogP contribution in [-0.4, -0.2) is 65.1 Å². The average molecular weight is 598 g/mol. The molecule has 0 amide bonds. The Morgan fingerprint density at radius 1 is 0.824 bits per heavy atom. The summed E-state index contributed by atoms with van der Waals surface area (Å²) in [4.78, 5) is 0. The molecule has 0 aromatic rings. The van der Waals surface area contributed by atoms with E-state index in [2.05, 4.69) is 0 Å². The summed E-state index contributed by atoms with van der Waals surface area (Å²) >= 11 is 0. The van der Waals surface area contributed by atoms with Crippen LogP contribution in [0.4, 0.5) is 0 Å². The third-order valence-corrected chi connectivity index (χ3v) is 1.05. The Morgan fingerprint density at radius 3 is 1.12 bits per heavy atom. The zero-order chi connectivity index (χ0) is 12.5. The second-order valence-electron chi connectivity index (χ2n) is 2.37. The quantitative estimate of drug-likeness (QED) is 0.426. The first-order chi connectivity index (χ1) is 7.26. The topological polar surface area (TPSA) is 68.2 Å². The Hall–Kier alpha value is 1.12. The molecule has 0 aromatic heterocycles. The van der Waals surface area contributed by atoms with Crippen molar-refractivity contribution in [1.29, 1.82) is 0 Å². The Labute approximate surface area is 133 Å². The van der Waals surface area contributed by atoms with Gasteiger partial charge in [0.1, 0.15) is 0 Å². The second kappa shape index (κ2) is 36.0. The van der Waals surface area contributed by atoms with Gasteiger partial charge in [0.15, 0.2) is 0 Å². The number of methoxy groups -OCH3 is 3. The molecule has 0 unspecified atom stereocenters. The number of rotatable bonds is 6. The first kappa shape index (κ1) is 30.9.